The van der Waals surface area contributed by atoms with Gasteiger partial charge in [0, 0.05) is 11.8 Å². The summed E-state index contributed by atoms with van der Waals surface area (Å²) in [5.41, 5.74) is 1.06. The van der Waals surface area contributed by atoms with Gasteiger partial charge in [0.15, 0.2) is 0 Å². The molecule has 1 saturated heterocycles. The van der Waals surface area contributed by atoms with Crippen LogP contribution < -0.4 is 15.0 Å². The quantitative estimate of drug-likeness (QED) is 0.881. The number of halogens is 1. The molecule has 0 radical (unpaired) electrons. The zero-order valence-corrected chi connectivity index (χ0v) is 12.5. The molecule has 1 atom stereocenters. The van der Waals surface area contributed by atoms with Crippen molar-refractivity contribution >= 4 is 23.2 Å². The minimum absolute atomic E-state index is 0.0490. The number of nitrogens with one attached hydrogen (secondary N) is 1. The number of hydrogen-bond acceptors (Lipinski definition) is 4. The molecule has 2 aromatic rings. The molecule has 118 valence electrons. The second-order valence-electron chi connectivity index (χ2n) is 5.18. The monoisotopic (exact) mass is 314 g/mol. The summed E-state index contributed by atoms with van der Waals surface area (Å²) >= 11 is 0. The van der Waals surface area contributed by atoms with Crippen molar-refractivity contribution < 1.29 is 18.7 Å². The van der Waals surface area contributed by atoms with E-state index in [1.165, 1.54) is 24.3 Å². The van der Waals surface area contributed by atoms with Gasteiger partial charge in [0.2, 0.25) is 5.91 Å². The van der Waals surface area contributed by atoms with Crippen molar-refractivity contribution in [1.82, 2.24) is 0 Å². The van der Waals surface area contributed by atoms with Crippen molar-refractivity contribution in [2.75, 3.05) is 17.3 Å². The van der Waals surface area contributed by atoms with Gasteiger partial charge in [-0.05, 0) is 36.4 Å². The Morgan fingerprint density at radius 2 is 1.91 bits per heavy atom. The Morgan fingerprint density at radius 1 is 1.17 bits per heavy atom. The number of anilines is 2. The van der Waals surface area contributed by atoms with Crippen molar-refractivity contribution in [2.45, 2.75) is 12.5 Å². The van der Waals surface area contributed by atoms with Crippen LogP contribution in [0.3, 0.4) is 0 Å². The summed E-state index contributed by atoms with van der Waals surface area (Å²) in [6.45, 7) is 0. The van der Waals surface area contributed by atoms with Crippen molar-refractivity contribution in [3.63, 3.8) is 0 Å². The molecule has 23 heavy (non-hydrogen) atoms. The van der Waals surface area contributed by atoms with E-state index in [1.807, 2.05) is 0 Å². The maximum Gasteiger partial charge on any atom is 0.256 e. The number of nitrogens with zero attached hydrogens (tertiary/aromatic N) is 1. The van der Waals surface area contributed by atoms with Crippen LogP contribution in [0.2, 0.25) is 0 Å². The molecular formula is C17H15FN2O3. The first kappa shape index (κ1) is 15.0. The van der Waals surface area contributed by atoms with Crippen LogP contribution in [0.5, 0.6) is 5.75 Å². The van der Waals surface area contributed by atoms with Gasteiger partial charge >= 0.3 is 0 Å². The predicted octanol–water partition coefficient (Wildman–Crippen LogP) is 2.58. The van der Waals surface area contributed by atoms with Crippen molar-refractivity contribution in [2.24, 2.45) is 0 Å². The second kappa shape index (κ2) is 6.08. The van der Waals surface area contributed by atoms with E-state index in [-0.39, 0.29) is 18.2 Å². The molecule has 0 saturated carbocycles. The highest BCUT2D eigenvalue weighted by molar-refractivity contribution is 6.23. The van der Waals surface area contributed by atoms with Gasteiger partial charge in [0.05, 0.1) is 19.2 Å². The molecular weight excluding hydrogens is 299 g/mol. The van der Waals surface area contributed by atoms with Crippen LogP contribution in [-0.4, -0.2) is 25.0 Å². The normalized spacial score (nSPS) is 17.5. The molecule has 6 heteroatoms. The lowest BCUT2D eigenvalue weighted by Gasteiger charge is -2.16. The maximum atomic E-state index is 13.0. The molecule has 1 aliphatic heterocycles. The number of rotatable bonds is 4. The third-order valence-corrected chi connectivity index (χ3v) is 3.64. The average Bonchev–Trinajstić information content (AvgIpc) is 2.83. The van der Waals surface area contributed by atoms with Gasteiger partial charge in [-0.3, -0.25) is 9.59 Å². The summed E-state index contributed by atoms with van der Waals surface area (Å²) in [6, 6.07) is 11.7. The number of ether oxygens (including phenoxy) is 1. The highest BCUT2D eigenvalue weighted by Gasteiger charge is 2.39. The van der Waals surface area contributed by atoms with E-state index in [0.717, 1.165) is 4.90 Å². The SMILES string of the molecule is COc1cccc(N[C@@H]2CC(=O)N(c3ccc(F)cc3)C2=O)c1. The standard InChI is InChI=1S/C17H15FN2O3/c1-23-14-4-2-3-12(9-14)19-15-10-16(21)20(17(15)22)13-7-5-11(18)6-8-13/h2-9,15,19H,10H2,1H3/t15-/m1/s1. The molecule has 0 bridgehead atoms. The first-order valence-electron chi connectivity index (χ1n) is 7.11. The zero-order chi connectivity index (χ0) is 16.4. The molecule has 0 aliphatic carbocycles. The fourth-order valence-corrected chi connectivity index (χ4v) is 2.52. The van der Waals surface area contributed by atoms with Crippen LogP contribution in [0.25, 0.3) is 0 Å². The third kappa shape index (κ3) is 3.01. The van der Waals surface area contributed by atoms with Crippen molar-refractivity contribution in [3.8, 4) is 5.75 Å². The first-order valence-corrected chi connectivity index (χ1v) is 7.11. The van der Waals surface area contributed by atoms with Gasteiger partial charge in [0.1, 0.15) is 17.6 Å². The van der Waals surface area contributed by atoms with Gasteiger partial charge in [-0.2, -0.15) is 0 Å². The minimum Gasteiger partial charge on any atom is -0.497 e. The number of carbonyl (C=O) groups is 2. The Morgan fingerprint density at radius 3 is 2.61 bits per heavy atom. The molecule has 1 fully saturated rings. The largest absolute Gasteiger partial charge is 0.497 e. The number of imide groups is 1. The van der Waals surface area contributed by atoms with Gasteiger partial charge < -0.3 is 10.1 Å². The Balaban J connectivity index is 1.79. The van der Waals surface area contributed by atoms with Crippen LogP contribution in [0.15, 0.2) is 48.5 Å². The van der Waals surface area contributed by atoms with E-state index >= 15 is 0 Å². The number of carbonyl (C=O) groups excluding carboxylic acids is 2. The Kier molecular flexibility index (Phi) is 3.97. The number of methoxy groups -OCH3 is 1. The lowest BCUT2D eigenvalue weighted by Crippen LogP contribution is -2.34. The average molecular weight is 314 g/mol. The van der Waals surface area contributed by atoms with Crippen LogP contribution in [0.1, 0.15) is 6.42 Å². The molecule has 2 amide bonds. The van der Waals surface area contributed by atoms with Gasteiger partial charge in [-0.15, -0.1) is 0 Å². The first-order chi connectivity index (χ1) is 11.1. The summed E-state index contributed by atoms with van der Waals surface area (Å²) in [5, 5.41) is 3.04. The fourth-order valence-electron chi connectivity index (χ4n) is 2.52. The fraction of sp³-hybridized carbons (Fsp3) is 0.176. The molecule has 0 unspecified atom stereocenters. The van der Waals surface area contributed by atoms with E-state index in [0.29, 0.717) is 17.1 Å². The third-order valence-electron chi connectivity index (χ3n) is 3.64. The predicted molar refractivity (Wildman–Crippen MR) is 83.9 cm³/mol. The molecule has 3 rings (SSSR count). The van der Waals surface area contributed by atoms with Crippen LogP contribution in [0.4, 0.5) is 15.8 Å². The Hall–Kier alpha value is -2.89. The maximum absolute atomic E-state index is 13.0. The minimum atomic E-state index is -0.653. The van der Waals surface area contributed by atoms with Gasteiger partial charge in [-0.1, -0.05) is 6.07 Å². The Bertz CT molecular complexity index is 746. The van der Waals surface area contributed by atoms with Crippen molar-refractivity contribution in [3.05, 3.63) is 54.3 Å². The highest BCUT2D eigenvalue weighted by atomic mass is 19.1. The molecule has 0 aromatic heterocycles. The zero-order valence-electron chi connectivity index (χ0n) is 12.5. The molecule has 2 aromatic carbocycles. The number of benzene rings is 2. The molecule has 1 N–H and O–H groups in total. The highest BCUT2D eigenvalue weighted by Crippen LogP contribution is 2.26. The summed E-state index contributed by atoms with van der Waals surface area (Å²) in [4.78, 5) is 25.7. The lowest BCUT2D eigenvalue weighted by molar-refractivity contribution is -0.121. The molecule has 0 spiro atoms. The van der Waals surface area contributed by atoms with Crippen molar-refractivity contribution in [1.29, 1.82) is 0 Å². The van der Waals surface area contributed by atoms with Crippen LogP contribution in [-0.2, 0) is 9.59 Å². The van der Waals surface area contributed by atoms with Gasteiger partial charge in [0.25, 0.3) is 5.91 Å². The summed E-state index contributed by atoms with van der Waals surface area (Å²) in [7, 11) is 1.56. The van der Waals surface area contributed by atoms with Gasteiger partial charge in [-0.25, -0.2) is 9.29 Å². The van der Waals surface area contributed by atoms with E-state index in [1.54, 1.807) is 31.4 Å². The second-order valence-corrected chi connectivity index (χ2v) is 5.18. The lowest BCUT2D eigenvalue weighted by atomic mass is 10.2. The van der Waals surface area contributed by atoms with Crippen LogP contribution >= 0.6 is 0 Å². The molecule has 1 heterocycles. The van der Waals surface area contributed by atoms with E-state index < -0.39 is 11.9 Å². The summed E-state index contributed by atoms with van der Waals surface area (Å²) < 4.78 is 18.1. The Labute approximate surface area is 132 Å². The smallest absolute Gasteiger partial charge is 0.256 e. The number of hydrogen-bond donors (Lipinski definition) is 1. The van der Waals surface area contributed by atoms with E-state index in [9.17, 15) is 14.0 Å². The van der Waals surface area contributed by atoms with E-state index in [4.69, 9.17) is 4.74 Å². The topological polar surface area (TPSA) is 58.6 Å². The molecule has 5 nitrogen and oxygen atoms in total. The summed E-state index contributed by atoms with van der Waals surface area (Å²) in [5.74, 6) is -0.438. The van der Waals surface area contributed by atoms with Crippen LogP contribution in [0, 0.1) is 5.82 Å². The summed E-state index contributed by atoms with van der Waals surface area (Å²) in [6.07, 6.45) is 0.0490. The number of amides is 2. The van der Waals surface area contributed by atoms with E-state index in [2.05, 4.69) is 5.32 Å². The molecule has 1 aliphatic rings.